The number of nitrogens with zero attached hydrogens (tertiary/aromatic N) is 2. The van der Waals surface area contributed by atoms with Crippen LogP contribution in [0, 0.1) is 0 Å². The number of carbonyl (C=O) groups is 1. The van der Waals surface area contributed by atoms with Gasteiger partial charge in [0.25, 0.3) is 0 Å². The van der Waals surface area contributed by atoms with Crippen molar-refractivity contribution in [2.24, 2.45) is 0 Å². The van der Waals surface area contributed by atoms with Gasteiger partial charge in [0.1, 0.15) is 5.82 Å². The molecule has 0 fully saturated rings. The number of anilines is 1. The quantitative estimate of drug-likeness (QED) is 0.438. The second kappa shape index (κ2) is 7.27. The van der Waals surface area contributed by atoms with Gasteiger partial charge in [-0.05, 0) is 23.8 Å². The molecule has 0 unspecified atom stereocenters. The van der Waals surface area contributed by atoms with Gasteiger partial charge in [0.05, 0.1) is 28.7 Å². The summed E-state index contributed by atoms with van der Waals surface area (Å²) in [4.78, 5) is 24.0. The Hall–Kier alpha value is -2.71. The lowest BCUT2D eigenvalue weighted by Gasteiger charge is -2.03. The number of hydrogen-bond acceptors (Lipinski definition) is 4. The van der Waals surface area contributed by atoms with Gasteiger partial charge in [-0.3, -0.25) is 5.32 Å². The number of halogens is 1. The van der Waals surface area contributed by atoms with E-state index in [2.05, 4.69) is 41.5 Å². The number of hydrogen-bond donors (Lipinski definition) is 3. The molecule has 0 atom stereocenters. The highest BCUT2D eigenvalue weighted by Gasteiger charge is 2.09. The summed E-state index contributed by atoms with van der Waals surface area (Å²) < 4.78 is 1.99. The number of urea groups is 1. The Balaban J connectivity index is 1.37. The number of carbonyl (C=O) groups excluding carboxylic acids is 1. The molecule has 0 aliphatic heterocycles. The number of benzene rings is 2. The van der Waals surface area contributed by atoms with Crippen LogP contribution in [-0.2, 0) is 6.54 Å². The number of thiazole rings is 1. The second-order valence-electron chi connectivity index (χ2n) is 5.55. The van der Waals surface area contributed by atoms with E-state index in [1.165, 1.54) is 11.3 Å². The van der Waals surface area contributed by atoms with Crippen LogP contribution in [0.4, 0.5) is 9.93 Å². The fourth-order valence-corrected chi connectivity index (χ4v) is 3.89. The third kappa shape index (κ3) is 3.76. The van der Waals surface area contributed by atoms with Crippen LogP contribution < -0.4 is 10.6 Å². The summed E-state index contributed by atoms with van der Waals surface area (Å²) in [5.41, 5.74) is 2.82. The normalized spacial score (nSPS) is 10.8. The third-order valence-electron chi connectivity index (χ3n) is 3.70. The molecule has 8 heteroatoms. The maximum atomic E-state index is 12.1. The van der Waals surface area contributed by atoms with Crippen LogP contribution >= 0.6 is 27.3 Å². The van der Waals surface area contributed by atoms with E-state index in [0.717, 1.165) is 25.9 Å². The molecule has 4 rings (SSSR count). The Labute approximate surface area is 161 Å². The van der Waals surface area contributed by atoms with Crippen molar-refractivity contribution in [3.05, 3.63) is 65.0 Å². The summed E-state index contributed by atoms with van der Waals surface area (Å²) in [6.07, 6.45) is 1.76. The van der Waals surface area contributed by atoms with Crippen LogP contribution in [0.15, 0.2) is 59.2 Å². The number of rotatable bonds is 4. The highest BCUT2D eigenvalue weighted by atomic mass is 79.9. The van der Waals surface area contributed by atoms with E-state index in [0.29, 0.717) is 17.5 Å². The van der Waals surface area contributed by atoms with Crippen molar-refractivity contribution in [1.29, 1.82) is 0 Å². The van der Waals surface area contributed by atoms with Gasteiger partial charge in [-0.15, -0.1) is 0 Å². The van der Waals surface area contributed by atoms with E-state index in [9.17, 15) is 4.79 Å². The maximum absolute atomic E-state index is 12.1. The summed E-state index contributed by atoms with van der Waals surface area (Å²) >= 11 is 4.86. The third-order valence-corrected chi connectivity index (χ3v) is 5.13. The number of aromatic amines is 1. The molecule has 2 heterocycles. The molecule has 4 aromatic rings. The lowest BCUT2D eigenvalue weighted by Crippen LogP contribution is -2.28. The molecule has 26 heavy (non-hydrogen) atoms. The summed E-state index contributed by atoms with van der Waals surface area (Å²) in [5, 5.41) is 6.10. The number of imidazole rings is 1. The van der Waals surface area contributed by atoms with Gasteiger partial charge in [-0.25, -0.2) is 14.8 Å². The number of amides is 2. The standard InChI is InChI=1S/C18H14BrN5OS/c19-12-6-7-13-15(8-12)26-18(23-13)24-17(25)21-10-16-20-9-14(22-16)11-4-2-1-3-5-11/h1-9H,10H2,(H,20,22)(H2,21,23,24,25). The van der Waals surface area contributed by atoms with E-state index in [1.807, 2.05) is 48.5 Å². The minimum atomic E-state index is -0.319. The van der Waals surface area contributed by atoms with Crippen LogP contribution in [0.25, 0.3) is 21.5 Å². The van der Waals surface area contributed by atoms with Crippen molar-refractivity contribution in [3.63, 3.8) is 0 Å². The fourth-order valence-electron chi connectivity index (χ4n) is 2.47. The zero-order chi connectivity index (χ0) is 17.9. The molecule has 0 aliphatic rings. The van der Waals surface area contributed by atoms with Crippen molar-refractivity contribution in [3.8, 4) is 11.3 Å². The Morgan fingerprint density at radius 3 is 2.88 bits per heavy atom. The Kier molecular flexibility index (Phi) is 4.68. The van der Waals surface area contributed by atoms with Crippen molar-refractivity contribution in [2.75, 3.05) is 5.32 Å². The van der Waals surface area contributed by atoms with E-state index >= 15 is 0 Å². The lowest BCUT2D eigenvalue weighted by molar-refractivity contribution is 0.251. The predicted molar refractivity (Wildman–Crippen MR) is 107 cm³/mol. The monoisotopic (exact) mass is 427 g/mol. The summed E-state index contributed by atoms with van der Waals surface area (Å²) in [6.45, 7) is 0.301. The first-order chi connectivity index (χ1) is 12.7. The number of H-pyrrole nitrogens is 1. The molecule has 6 nitrogen and oxygen atoms in total. The minimum Gasteiger partial charge on any atom is -0.341 e. The van der Waals surface area contributed by atoms with Gasteiger partial charge in [-0.1, -0.05) is 57.6 Å². The molecule has 2 amide bonds. The van der Waals surface area contributed by atoms with Crippen molar-refractivity contribution in [1.82, 2.24) is 20.3 Å². The molecule has 0 saturated heterocycles. The topological polar surface area (TPSA) is 82.7 Å². The average Bonchev–Trinajstić information content (AvgIpc) is 3.27. The molecule has 2 aromatic heterocycles. The van der Waals surface area contributed by atoms with E-state index in [-0.39, 0.29) is 6.03 Å². The second-order valence-corrected chi connectivity index (χ2v) is 7.49. The molecule has 0 bridgehead atoms. The van der Waals surface area contributed by atoms with Crippen LogP contribution in [0.1, 0.15) is 5.82 Å². The average molecular weight is 428 g/mol. The van der Waals surface area contributed by atoms with Crippen molar-refractivity contribution >= 4 is 48.6 Å². The molecule has 3 N–H and O–H groups in total. The zero-order valence-corrected chi connectivity index (χ0v) is 15.9. The minimum absolute atomic E-state index is 0.301. The number of fused-ring (bicyclic) bond motifs is 1. The highest BCUT2D eigenvalue weighted by Crippen LogP contribution is 2.28. The smallest absolute Gasteiger partial charge is 0.321 e. The molecule has 0 radical (unpaired) electrons. The van der Waals surface area contributed by atoms with E-state index < -0.39 is 0 Å². The van der Waals surface area contributed by atoms with Crippen LogP contribution in [-0.4, -0.2) is 21.0 Å². The van der Waals surface area contributed by atoms with Crippen LogP contribution in [0.2, 0.25) is 0 Å². The molecule has 2 aromatic carbocycles. The first-order valence-corrected chi connectivity index (χ1v) is 9.48. The van der Waals surface area contributed by atoms with Gasteiger partial charge < -0.3 is 10.3 Å². The van der Waals surface area contributed by atoms with Gasteiger partial charge in [0, 0.05) is 4.47 Å². The highest BCUT2D eigenvalue weighted by molar-refractivity contribution is 9.10. The van der Waals surface area contributed by atoms with Crippen molar-refractivity contribution < 1.29 is 4.79 Å². The molecule has 0 spiro atoms. The first kappa shape index (κ1) is 16.7. The SMILES string of the molecule is O=C(NCc1ncc(-c2ccccc2)[nH]1)Nc1nc2ccc(Br)cc2s1. The van der Waals surface area contributed by atoms with Crippen molar-refractivity contribution in [2.45, 2.75) is 6.54 Å². The van der Waals surface area contributed by atoms with Gasteiger partial charge in [-0.2, -0.15) is 0 Å². The van der Waals surface area contributed by atoms with E-state index in [1.54, 1.807) is 6.20 Å². The molecular weight excluding hydrogens is 414 g/mol. The zero-order valence-electron chi connectivity index (χ0n) is 13.5. The Morgan fingerprint density at radius 2 is 2.04 bits per heavy atom. The van der Waals surface area contributed by atoms with Crippen LogP contribution in [0.3, 0.4) is 0 Å². The maximum Gasteiger partial charge on any atom is 0.321 e. The molecule has 130 valence electrons. The summed E-state index contributed by atoms with van der Waals surface area (Å²) in [5.74, 6) is 0.687. The van der Waals surface area contributed by atoms with E-state index in [4.69, 9.17) is 0 Å². The number of nitrogens with one attached hydrogen (secondary N) is 3. The predicted octanol–water partition coefficient (Wildman–Crippen LogP) is 4.77. The summed E-state index contributed by atoms with van der Waals surface area (Å²) in [6, 6.07) is 15.4. The lowest BCUT2D eigenvalue weighted by atomic mass is 10.2. The number of aromatic nitrogens is 3. The fraction of sp³-hybridized carbons (Fsp3) is 0.0556. The van der Waals surface area contributed by atoms with Crippen LogP contribution in [0.5, 0.6) is 0 Å². The Bertz CT molecular complexity index is 1060. The van der Waals surface area contributed by atoms with Gasteiger partial charge in [0.15, 0.2) is 5.13 Å². The molecule has 0 aliphatic carbocycles. The van der Waals surface area contributed by atoms with Gasteiger partial charge >= 0.3 is 6.03 Å². The Morgan fingerprint density at radius 1 is 1.19 bits per heavy atom. The summed E-state index contributed by atoms with van der Waals surface area (Å²) in [7, 11) is 0. The van der Waals surface area contributed by atoms with Gasteiger partial charge in [0.2, 0.25) is 0 Å². The first-order valence-electron chi connectivity index (χ1n) is 7.87. The molecule has 0 saturated carbocycles. The largest absolute Gasteiger partial charge is 0.341 e. The molecular formula is C18H14BrN5OS.